The SMILES string of the molecule is C=CC(=O)N1CCN2C(=N)c3c(Nc4c(C)ccnc4C(C)O)c(F)c(-c4ccccc4F)c(Cl)c3NCCC2C1. The third-order valence-corrected chi connectivity index (χ3v) is 8.01. The summed E-state index contributed by atoms with van der Waals surface area (Å²) < 4.78 is 31.8. The maximum atomic E-state index is 16.8. The van der Waals surface area contributed by atoms with E-state index in [4.69, 9.17) is 11.6 Å². The molecular formula is C30H31ClF2N6O2. The number of aromatic nitrogens is 1. The molecule has 1 aromatic heterocycles. The van der Waals surface area contributed by atoms with Crippen molar-refractivity contribution in [3.63, 3.8) is 0 Å². The van der Waals surface area contributed by atoms with Crippen LogP contribution in [0.4, 0.5) is 25.8 Å². The highest BCUT2D eigenvalue weighted by atomic mass is 35.5. The van der Waals surface area contributed by atoms with Crippen molar-refractivity contribution in [1.29, 1.82) is 5.41 Å². The van der Waals surface area contributed by atoms with Crippen LogP contribution in [0.3, 0.4) is 0 Å². The van der Waals surface area contributed by atoms with Gasteiger partial charge in [0.1, 0.15) is 11.7 Å². The van der Waals surface area contributed by atoms with Crippen molar-refractivity contribution in [1.82, 2.24) is 14.8 Å². The molecule has 1 fully saturated rings. The van der Waals surface area contributed by atoms with E-state index < -0.39 is 17.7 Å². The summed E-state index contributed by atoms with van der Waals surface area (Å²) in [4.78, 5) is 20.2. The molecule has 1 saturated heterocycles. The lowest BCUT2D eigenvalue weighted by atomic mass is 9.94. The van der Waals surface area contributed by atoms with Gasteiger partial charge < -0.3 is 25.5 Å². The number of anilines is 3. The van der Waals surface area contributed by atoms with Gasteiger partial charge in [-0.05, 0) is 44.0 Å². The number of nitrogens with zero attached hydrogens (tertiary/aromatic N) is 3. The monoisotopic (exact) mass is 580 g/mol. The van der Waals surface area contributed by atoms with E-state index in [0.29, 0.717) is 55.2 Å². The number of carbonyl (C=O) groups excluding carboxylic acids is 1. The number of aliphatic hydroxyl groups is 1. The van der Waals surface area contributed by atoms with Crippen molar-refractivity contribution in [3.8, 4) is 11.1 Å². The molecule has 3 heterocycles. The minimum Gasteiger partial charge on any atom is -0.387 e. The van der Waals surface area contributed by atoms with Crippen LogP contribution in [0.5, 0.6) is 0 Å². The summed E-state index contributed by atoms with van der Waals surface area (Å²) in [6.45, 7) is 8.43. The number of fused-ring (bicyclic) bond motifs is 2. The maximum absolute atomic E-state index is 16.8. The minimum atomic E-state index is -0.974. The van der Waals surface area contributed by atoms with Gasteiger partial charge in [-0.15, -0.1) is 0 Å². The lowest BCUT2D eigenvalue weighted by molar-refractivity contribution is -0.128. The second-order valence-electron chi connectivity index (χ2n) is 10.2. The molecule has 5 rings (SSSR count). The number of amidine groups is 1. The molecule has 2 aromatic carbocycles. The molecule has 2 aliphatic heterocycles. The number of pyridine rings is 1. The third-order valence-electron chi connectivity index (χ3n) is 7.63. The van der Waals surface area contributed by atoms with E-state index in [1.54, 1.807) is 37.1 Å². The lowest BCUT2D eigenvalue weighted by Gasteiger charge is -2.44. The maximum Gasteiger partial charge on any atom is 0.246 e. The fourth-order valence-corrected chi connectivity index (χ4v) is 5.87. The van der Waals surface area contributed by atoms with Gasteiger partial charge in [-0.2, -0.15) is 0 Å². The first-order valence-electron chi connectivity index (χ1n) is 13.3. The van der Waals surface area contributed by atoms with Crippen molar-refractivity contribution in [2.24, 2.45) is 0 Å². The number of benzene rings is 2. The van der Waals surface area contributed by atoms with E-state index in [0.717, 1.165) is 0 Å². The first-order valence-corrected chi connectivity index (χ1v) is 13.7. The molecule has 8 nitrogen and oxygen atoms in total. The lowest BCUT2D eigenvalue weighted by Crippen LogP contribution is -2.57. The Kier molecular flexibility index (Phi) is 7.97. The van der Waals surface area contributed by atoms with Crippen molar-refractivity contribution >= 4 is 40.4 Å². The van der Waals surface area contributed by atoms with Crippen molar-refractivity contribution in [3.05, 3.63) is 82.7 Å². The molecule has 214 valence electrons. The zero-order valence-corrected chi connectivity index (χ0v) is 23.5. The fourth-order valence-electron chi connectivity index (χ4n) is 5.53. The number of amides is 1. The summed E-state index contributed by atoms with van der Waals surface area (Å²) in [6.07, 6.45) is 2.42. The Labute approximate surface area is 242 Å². The number of halogens is 3. The van der Waals surface area contributed by atoms with Crippen LogP contribution in [0.1, 0.15) is 36.3 Å². The van der Waals surface area contributed by atoms with Crippen LogP contribution >= 0.6 is 11.6 Å². The van der Waals surface area contributed by atoms with Gasteiger partial charge in [0.2, 0.25) is 5.91 Å². The highest BCUT2D eigenvalue weighted by molar-refractivity contribution is 6.37. The predicted molar refractivity (Wildman–Crippen MR) is 157 cm³/mol. The van der Waals surface area contributed by atoms with E-state index in [2.05, 4.69) is 22.2 Å². The number of carbonyl (C=O) groups is 1. The van der Waals surface area contributed by atoms with Crippen LogP contribution in [-0.4, -0.2) is 63.9 Å². The van der Waals surface area contributed by atoms with Gasteiger partial charge >= 0.3 is 0 Å². The summed E-state index contributed by atoms with van der Waals surface area (Å²) in [7, 11) is 0. The summed E-state index contributed by atoms with van der Waals surface area (Å²) >= 11 is 6.85. The summed E-state index contributed by atoms with van der Waals surface area (Å²) in [5.41, 5.74) is 1.55. The van der Waals surface area contributed by atoms with Crippen molar-refractivity contribution in [2.45, 2.75) is 32.4 Å². The van der Waals surface area contributed by atoms with Gasteiger partial charge in [0.05, 0.1) is 39.4 Å². The molecule has 0 saturated carbocycles. The highest BCUT2D eigenvalue weighted by Gasteiger charge is 2.37. The van der Waals surface area contributed by atoms with Crippen LogP contribution < -0.4 is 10.6 Å². The zero-order valence-electron chi connectivity index (χ0n) is 22.8. The van der Waals surface area contributed by atoms with Crippen LogP contribution in [0.15, 0.2) is 49.2 Å². The van der Waals surface area contributed by atoms with Gasteiger partial charge in [-0.25, -0.2) is 8.78 Å². The first-order chi connectivity index (χ1) is 19.6. The van der Waals surface area contributed by atoms with E-state index in [9.17, 15) is 15.3 Å². The van der Waals surface area contributed by atoms with Crippen LogP contribution in [0.2, 0.25) is 5.02 Å². The Bertz CT molecular complexity index is 1550. The molecule has 0 aliphatic carbocycles. The Hall–Kier alpha value is -4.02. The standard InChI is InChI=1S/C30H31ClF2N6O2/c1-4-21(41)38-13-14-39-18(15-38)10-12-36-28-23(30(39)34)29(37-26-16(2)9-11-35-27(26)17(3)40)25(33)22(24(28)31)19-7-5-6-8-20(19)32/h4-9,11,17-18,34,36-37,40H,1,10,12-15H2,2-3H3. The van der Waals surface area contributed by atoms with Crippen LogP contribution in [0.25, 0.3) is 11.1 Å². The molecule has 41 heavy (non-hydrogen) atoms. The summed E-state index contributed by atoms with van der Waals surface area (Å²) in [6, 6.07) is 7.30. The molecule has 0 radical (unpaired) electrons. The van der Waals surface area contributed by atoms with Crippen molar-refractivity contribution < 1.29 is 18.7 Å². The van der Waals surface area contributed by atoms with E-state index in [1.807, 2.05) is 4.90 Å². The molecule has 1 amide bonds. The predicted octanol–water partition coefficient (Wildman–Crippen LogP) is 5.63. The molecule has 2 atom stereocenters. The molecule has 11 heteroatoms. The third kappa shape index (κ3) is 5.13. The Morgan fingerprint density at radius 1 is 1.27 bits per heavy atom. The fraction of sp³-hybridized carbons (Fsp3) is 0.300. The zero-order chi connectivity index (χ0) is 29.4. The van der Waals surface area contributed by atoms with Gasteiger partial charge in [0.15, 0.2) is 5.82 Å². The molecule has 0 spiro atoms. The van der Waals surface area contributed by atoms with E-state index in [1.165, 1.54) is 24.3 Å². The summed E-state index contributed by atoms with van der Waals surface area (Å²) in [5.74, 6) is -1.67. The van der Waals surface area contributed by atoms with Gasteiger partial charge in [0, 0.05) is 49.5 Å². The minimum absolute atomic E-state index is 0.00595. The number of rotatable bonds is 5. The average Bonchev–Trinajstić information content (AvgIpc) is 2.95. The Morgan fingerprint density at radius 2 is 2.02 bits per heavy atom. The molecule has 2 aliphatic rings. The average molecular weight is 581 g/mol. The molecule has 3 aromatic rings. The smallest absolute Gasteiger partial charge is 0.246 e. The van der Waals surface area contributed by atoms with Gasteiger partial charge in [-0.1, -0.05) is 36.4 Å². The second-order valence-corrected chi connectivity index (χ2v) is 10.6. The van der Waals surface area contributed by atoms with Crippen LogP contribution in [0, 0.1) is 24.0 Å². The largest absolute Gasteiger partial charge is 0.387 e. The summed E-state index contributed by atoms with van der Waals surface area (Å²) in [5, 5.41) is 26.1. The second kappa shape index (κ2) is 11.5. The first kappa shape index (κ1) is 28.5. The number of aliphatic hydroxyl groups excluding tert-OH is 1. The number of nitrogens with one attached hydrogen (secondary N) is 3. The Morgan fingerprint density at radius 3 is 2.73 bits per heavy atom. The van der Waals surface area contributed by atoms with E-state index >= 15 is 8.78 Å². The topological polar surface area (TPSA) is 105 Å². The quantitative estimate of drug-likeness (QED) is 0.292. The van der Waals surface area contributed by atoms with Crippen LogP contribution in [-0.2, 0) is 4.79 Å². The molecule has 0 bridgehead atoms. The molecule has 2 unspecified atom stereocenters. The number of aryl methyl sites for hydroxylation is 1. The van der Waals surface area contributed by atoms with Gasteiger partial charge in [0.25, 0.3) is 0 Å². The van der Waals surface area contributed by atoms with E-state index in [-0.39, 0.29) is 45.2 Å². The number of hydrogen-bond acceptors (Lipinski definition) is 6. The van der Waals surface area contributed by atoms with Gasteiger partial charge in [-0.3, -0.25) is 15.2 Å². The highest BCUT2D eigenvalue weighted by Crippen LogP contribution is 2.47. The van der Waals surface area contributed by atoms with Crippen molar-refractivity contribution in [2.75, 3.05) is 36.8 Å². The Balaban J connectivity index is 1.73. The number of hydrogen-bond donors (Lipinski definition) is 4. The molecule has 4 N–H and O–H groups in total. The molecular weight excluding hydrogens is 550 g/mol. The number of piperazine rings is 1. The normalized spacial score (nSPS) is 17.5.